The van der Waals surface area contributed by atoms with E-state index in [0.29, 0.717) is 24.3 Å². The summed E-state index contributed by atoms with van der Waals surface area (Å²) in [5.74, 6) is -0.0296. The summed E-state index contributed by atoms with van der Waals surface area (Å²) in [6, 6.07) is -0.0422. The molecule has 1 atom stereocenters. The predicted octanol–water partition coefficient (Wildman–Crippen LogP) is 0.560. The second-order valence-corrected chi connectivity index (χ2v) is 9.53. The van der Waals surface area contributed by atoms with E-state index in [4.69, 9.17) is 0 Å². The molecule has 3 heterocycles. The first-order valence-electron chi connectivity index (χ1n) is 8.89. The summed E-state index contributed by atoms with van der Waals surface area (Å²) in [5.41, 5.74) is -0.423. The van der Waals surface area contributed by atoms with E-state index in [2.05, 4.69) is 9.97 Å². The standard InChI is InChI=1S/C17H22N4O4S/c1-20-8-7-17(14(20)22)9-11-10-18-16(26(2,24)25)19-13(11)21(15(17)23)12-5-3-4-6-12/h10,12H,3-9H2,1-2H3. The van der Waals surface area contributed by atoms with Gasteiger partial charge in [0, 0.05) is 44.1 Å². The van der Waals surface area contributed by atoms with E-state index in [0.717, 1.165) is 31.9 Å². The van der Waals surface area contributed by atoms with Crippen molar-refractivity contribution in [2.75, 3.05) is 24.7 Å². The number of likely N-dealkylation sites (tertiary alicyclic amines) is 1. The Morgan fingerprint density at radius 1 is 1.19 bits per heavy atom. The summed E-state index contributed by atoms with van der Waals surface area (Å²) in [4.78, 5) is 37.8. The summed E-state index contributed by atoms with van der Waals surface area (Å²) in [7, 11) is -1.87. The Kier molecular flexibility index (Phi) is 3.83. The Bertz CT molecular complexity index is 894. The second-order valence-electron chi connectivity index (χ2n) is 7.62. The van der Waals surface area contributed by atoms with Crippen LogP contribution in [0.3, 0.4) is 0 Å². The molecule has 26 heavy (non-hydrogen) atoms. The minimum Gasteiger partial charge on any atom is -0.345 e. The third-order valence-electron chi connectivity index (χ3n) is 5.82. The lowest BCUT2D eigenvalue weighted by atomic mass is 9.76. The first-order valence-corrected chi connectivity index (χ1v) is 10.8. The van der Waals surface area contributed by atoms with Gasteiger partial charge in [-0.1, -0.05) is 12.8 Å². The second kappa shape index (κ2) is 5.73. The van der Waals surface area contributed by atoms with Gasteiger partial charge in [-0.3, -0.25) is 14.5 Å². The first-order chi connectivity index (χ1) is 12.2. The number of hydrogen-bond donors (Lipinski definition) is 0. The first kappa shape index (κ1) is 17.4. The van der Waals surface area contributed by atoms with Gasteiger partial charge in [-0.2, -0.15) is 0 Å². The molecule has 2 fully saturated rings. The van der Waals surface area contributed by atoms with E-state index in [1.807, 2.05) is 0 Å². The van der Waals surface area contributed by atoms with Crippen LogP contribution >= 0.6 is 0 Å². The molecule has 4 rings (SSSR count). The highest BCUT2D eigenvalue weighted by Gasteiger charge is 2.57. The molecule has 1 saturated heterocycles. The van der Waals surface area contributed by atoms with Crippen LogP contribution in [0.2, 0.25) is 0 Å². The van der Waals surface area contributed by atoms with Crippen molar-refractivity contribution >= 4 is 27.5 Å². The van der Waals surface area contributed by atoms with Crippen molar-refractivity contribution in [2.45, 2.75) is 49.7 Å². The number of nitrogens with zero attached hydrogens (tertiary/aromatic N) is 4. The SMILES string of the molecule is CN1CCC2(Cc3cnc(S(C)(=O)=O)nc3N(C3CCCC3)C2=O)C1=O. The number of sulfone groups is 1. The molecule has 1 spiro atoms. The van der Waals surface area contributed by atoms with Gasteiger partial charge in [0.2, 0.25) is 26.8 Å². The molecule has 0 aromatic carbocycles. The number of carbonyl (C=O) groups excluding carboxylic acids is 2. The van der Waals surface area contributed by atoms with Gasteiger partial charge in [0.25, 0.3) is 0 Å². The predicted molar refractivity (Wildman–Crippen MR) is 93.3 cm³/mol. The number of rotatable bonds is 2. The molecule has 0 bridgehead atoms. The van der Waals surface area contributed by atoms with Crippen molar-refractivity contribution < 1.29 is 18.0 Å². The molecular weight excluding hydrogens is 356 g/mol. The van der Waals surface area contributed by atoms with Crippen LogP contribution in [0.1, 0.15) is 37.7 Å². The molecule has 1 saturated carbocycles. The zero-order chi connectivity index (χ0) is 18.7. The Labute approximate surface area is 152 Å². The quantitative estimate of drug-likeness (QED) is 0.551. The minimum absolute atomic E-state index is 0.0422. The van der Waals surface area contributed by atoms with Crippen LogP contribution in [0.15, 0.2) is 11.4 Å². The zero-order valence-corrected chi connectivity index (χ0v) is 15.8. The largest absolute Gasteiger partial charge is 0.345 e. The molecule has 8 nitrogen and oxygen atoms in total. The van der Waals surface area contributed by atoms with E-state index in [1.54, 1.807) is 16.8 Å². The van der Waals surface area contributed by atoms with Crippen molar-refractivity contribution in [3.63, 3.8) is 0 Å². The number of carbonyl (C=O) groups is 2. The zero-order valence-electron chi connectivity index (χ0n) is 14.9. The van der Waals surface area contributed by atoms with Crippen LogP contribution < -0.4 is 4.90 Å². The highest BCUT2D eigenvalue weighted by atomic mass is 32.2. The lowest BCUT2D eigenvalue weighted by molar-refractivity contribution is -0.144. The highest BCUT2D eigenvalue weighted by Crippen LogP contribution is 2.45. The molecule has 140 valence electrons. The lowest BCUT2D eigenvalue weighted by Crippen LogP contribution is -2.56. The molecule has 3 aliphatic rings. The summed E-state index contributed by atoms with van der Waals surface area (Å²) < 4.78 is 23.8. The van der Waals surface area contributed by atoms with Gasteiger partial charge < -0.3 is 4.90 Å². The summed E-state index contributed by atoms with van der Waals surface area (Å²) in [5, 5.41) is -0.280. The molecule has 2 aliphatic heterocycles. The number of fused-ring (bicyclic) bond motifs is 1. The Hall–Kier alpha value is -2.03. The van der Waals surface area contributed by atoms with Crippen LogP contribution in [0, 0.1) is 5.41 Å². The topological polar surface area (TPSA) is 101 Å². The van der Waals surface area contributed by atoms with Crippen LogP contribution in [-0.2, 0) is 25.8 Å². The lowest BCUT2D eigenvalue weighted by Gasteiger charge is -2.41. The number of anilines is 1. The molecule has 9 heteroatoms. The molecule has 0 radical (unpaired) electrons. The van der Waals surface area contributed by atoms with Gasteiger partial charge in [0.15, 0.2) is 0 Å². The Balaban J connectivity index is 1.88. The molecule has 1 aromatic rings. The maximum Gasteiger partial charge on any atom is 0.248 e. The van der Waals surface area contributed by atoms with Gasteiger partial charge in [-0.25, -0.2) is 18.4 Å². The molecule has 0 N–H and O–H groups in total. The van der Waals surface area contributed by atoms with E-state index < -0.39 is 15.3 Å². The van der Waals surface area contributed by atoms with Crippen molar-refractivity contribution in [2.24, 2.45) is 5.41 Å². The van der Waals surface area contributed by atoms with Crippen molar-refractivity contribution in [1.82, 2.24) is 14.9 Å². The summed E-state index contributed by atoms with van der Waals surface area (Å²) >= 11 is 0. The van der Waals surface area contributed by atoms with Crippen molar-refractivity contribution in [3.05, 3.63) is 11.8 Å². The Morgan fingerprint density at radius 3 is 2.46 bits per heavy atom. The normalized spacial score (nSPS) is 26.8. The van der Waals surface area contributed by atoms with E-state index >= 15 is 0 Å². The molecule has 1 aliphatic carbocycles. The van der Waals surface area contributed by atoms with Crippen LogP contribution in [0.5, 0.6) is 0 Å². The average molecular weight is 378 g/mol. The number of hydrogen-bond acceptors (Lipinski definition) is 6. The van der Waals surface area contributed by atoms with Crippen LogP contribution in [0.4, 0.5) is 5.82 Å². The fourth-order valence-electron chi connectivity index (χ4n) is 4.42. The van der Waals surface area contributed by atoms with Gasteiger partial charge in [-0.15, -0.1) is 0 Å². The smallest absolute Gasteiger partial charge is 0.248 e. The van der Waals surface area contributed by atoms with Crippen molar-refractivity contribution in [1.29, 1.82) is 0 Å². The highest BCUT2D eigenvalue weighted by molar-refractivity contribution is 7.90. The van der Waals surface area contributed by atoms with Gasteiger partial charge in [-0.05, 0) is 19.3 Å². The number of amides is 2. The van der Waals surface area contributed by atoms with Gasteiger partial charge in [0.05, 0.1) is 0 Å². The molecule has 2 amide bonds. The average Bonchev–Trinajstić information content (AvgIpc) is 3.20. The molecule has 1 unspecified atom stereocenters. The maximum absolute atomic E-state index is 13.5. The third kappa shape index (κ3) is 2.44. The summed E-state index contributed by atoms with van der Waals surface area (Å²) in [6.07, 6.45) is 6.92. The van der Waals surface area contributed by atoms with E-state index in [1.165, 1.54) is 6.20 Å². The summed E-state index contributed by atoms with van der Waals surface area (Å²) in [6.45, 7) is 0.542. The molecular formula is C17H22N4O4S. The fourth-order valence-corrected chi connectivity index (χ4v) is 4.91. The van der Waals surface area contributed by atoms with Gasteiger partial charge in [0.1, 0.15) is 11.2 Å². The minimum atomic E-state index is -3.58. The third-order valence-corrected chi connectivity index (χ3v) is 6.68. The monoisotopic (exact) mass is 378 g/mol. The van der Waals surface area contributed by atoms with Crippen LogP contribution in [0.25, 0.3) is 0 Å². The van der Waals surface area contributed by atoms with E-state index in [9.17, 15) is 18.0 Å². The molecule has 1 aromatic heterocycles. The Morgan fingerprint density at radius 2 is 1.88 bits per heavy atom. The van der Waals surface area contributed by atoms with Gasteiger partial charge >= 0.3 is 0 Å². The maximum atomic E-state index is 13.5. The van der Waals surface area contributed by atoms with Crippen molar-refractivity contribution in [3.8, 4) is 0 Å². The number of aromatic nitrogens is 2. The van der Waals surface area contributed by atoms with Crippen LogP contribution in [-0.4, -0.2) is 61.0 Å². The fraction of sp³-hybridized carbons (Fsp3) is 0.647. The van der Waals surface area contributed by atoms with E-state index in [-0.39, 0.29) is 29.4 Å².